The van der Waals surface area contributed by atoms with Gasteiger partial charge >= 0.3 is 12.5 Å². The fourth-order valence-electron chi connectivity index (χ4n) is 0.923. The van der Waals surface area contributed by atoms with Gasteiger partial charge in [0.2, 0.25) is 0 Å². The van der Waals surface area contributed by atoms with Crippen molar-refractivity contribution in [2.24, 2.45) is 0 Å². The zero-order valence-electron chi connectivity index (χ0n) is 7.29. The van der Waals surface area contributed by atoms with E-state index in [-0.39, 0.29) is 12.1 Å². The Morgan fingerprint density at radius 2 is 1.50 bits per heavy atom. The van der Waals surface area contributed by atoms with Crippen LogP contribution in [0.3, 0.4) is 0 Å². The number of rotatable bonds is 1. The molecule has 0 spiro atoms. The Kier molecular flexibility index (Phi) is 3.02. The Morgan fingerprint density at radius 3 is 1.88 bits per heavy atom. The largest absolute Gasteiger partial charge is 0.573 e. The van der Waals surface area contributed by atoms with Gasteiger partial charge in [-0.15, -0.1) is 13.2 Å². The lowest BCUT2D eigenvalue weighted by molar-refractivity contribution is -0.274. The minimum Gasteiger partial charge on any atom is -0.406 e. The van der Waals surface area contributed by atoms with Crippen molar-refractivity contribution in [3.05, 3.63) is 29.6 Å². The third-order valence-electron chi connectivity index (χ3n) is 1.48. The summed E-state index contributed by atoms with van der Waals surface area (Å²) in [7, 11) is 0. The first-order valence-corrected chi connectivity index (χ1v) is 3.72. The molecule has 90 valence electrons. The van der Waals surface area contributed by atoms with Crippen LogP contribution in [-0.4, -0.2) is 6.36 Å². The topological polar surface area (TPSA) is 9.23 Å². The maximum atomic E-state index is 12.8. The van der Waals surface area contributed by atoms with Gasteiger partial charge in [-0.2, -0.15) is 13.2 Å². The average molecular weight is 248 g/mol. The number of hydrogen-bond acceptors (Lipinski definition) is 1. The fourth-order valence-corrected chi connectivity index (χ4v) is 0.923. The molecule has 0 aliphatic heterocycles. The number of benzene rings is 1. The molecule has 1 rings (SSSR count). The minimum atomic E-state index is -5.08. The molecule has 1 aromatic rings. The summed E-state index contributed by atoms with van der Waals surface area (Å²) in [4.78, 5) is 0. The van der Waals surface area contributed by atoms with E-state index in [9.17, 15) is 30.7 Å². The van der Waals surface area contributed by atoms with Gasteiger partial charge in [0.1, 0.15) is 11.6 Å². The summed E-state index contributed by atoms with van der Waals surface area (Å²) >= 11 is 0. The fraction of sp³-hybridized carbons (Fsp3) is 0.250. The monoisotopic (exact) mass is 248 g/mol. The minimum absolute atomic E-state index is 0.0241. The highest BCUT2D eigenvalue weighted by molar-refractivity contribution is 5.30. The lowest BCUT2D eigenvalue weighted by atomic mass is 10.2. The van der Waals surface area contributed by atoms with E-state index in [0.717, 1.165) is 0 Å². The van der Waals surface area contributed by atoms with E-state index in [0.29, 0.717) is 6.07 Å². The molecule has 0 fully saturated rings. The summed E-state index contributed by atoms with van der Waals surface area (Å²) in [6.07, 6.45) is -10.0. The van der Waals surface area contributed by atoms with E-state index in [4.69, 9.17) is 0 Å². The second kappa shape index (κ2) is 3.84. The van der Waals surface area contributed by atoms with Crippen LogP contribution in [0.25, 0.3) is 0 Å². The van der Waals surface area contributed by atoms with Crippen LogP contribution in [0.15, 0.2) is 18.2 Å². The summed E-state index contributed by atoms with van der Waals surface area (Å²) < 4.78 is 87.0. The van der Waals surface area contributed by atoms with Gasteiger partial charge in [0.05, 0.1) is 5.56 Å². The molecule has 16 heavy (non-hydrogen) atoms. The molecule has 0 atom stereocenters. The Balaban J connectivity index is 3.01. The standard InChI is InChI=1S/C8H3F7O/c9-6-3-4(16-8(13,14)15)1-2-5(6)7(10,11)12/h1-3H. The van der Waals surface area contributed by atoms with Crippen molar-refractivity contribution in [3.8, 4) is 5.75 Å². The Morgan fingerprint density at radius 1 is 0.938 bits per heavy atom. The molecule has 0 aliphatic carbocycles. The molecular weight excluding hydrogens is 245 g/mol. The third kappa shape index (κ3) is 3.28. The molecule has 0 saturated heterocycles. The Bertz CT molecular complexity index is 379. The normalized spacial score (nSPS) is 12.7. The van der Waals surface area contributed by atoms with Crippen molar-refractivity contribution in [1.82, 2.24) is 0 Å². The van der Waals surface area contributed by atoms with Gasteiger partial charge in [0, 0.05) is 6.07 Å². The second-order valence-electron chi connectivity index (χ2n) is 2.69. The van der Waals surface area contributed by atoms with Crippen LogP contribution in [-0.2, 0) is 6.18 Å². The van der Waals surface area contributed by atoms with Crippen molar-refractivity contribution >= 4 is 0 Å². The third-order valence-corrected chi connectivity index (χ3v) is 1.48. The summed E-state index contributed by atoms with van der Waals surface area (Å²) in [5.41, 5.74) is -1.65. The first-order chi connectivity index (χ1) is 7.09. The van der Waals surface area contributed by atoms with Gasteiger partial charge in [0.25, 0.3) is 0 Å². The van der Waals surface area contributed by atoms with Crippen LogP contribution in [0.5, 0.6) is 5.75 Å². The molecule has 1 aromatic carbocycles. The van der Waals surface area contributed by atoms with Gasteiger partial charge < -0.3 is 4.74 Å². The lowest BCUT2D eigenvalue weighted by Crippen LogP contribution is -2.17. The van der Waals surface area contributed by atoms with E-state index in [1.165, 1.54) is 0 Å². The van der Waals surface area contributed by atoms with Crippen molar-refractivity contribution in [3.63, 3.8) is 0 Å². The predicted molar refractivity (Wildman–Crippen MR) is 38.1 cm³/mol. The molecule has 8 heteroatoms. The lowest BCUT2D eigenvalue weighted by Gasteiger charge is -2.11. The van der Waals surface area contributed by atoms with E-state index in [1.54, 1.807) is 0 Å². The highest BCUT2D eigenvalue weighted by atomic mass is 19.4. The van der Waals surface area contributed by atoms with Crippen LogP contribution in [0.4, 0.5) is 30.7 Å². The highest BCUT2D eigenvalue weighted by Crippen LogP contribution is 2.33. The summed E-state index contributed by atoms with van der Waals surface area (Å²) in [6, 6.07) is 0.589. The second-order valence-corrected chi connectivity index (χ2v) is 2.69. The summed E-state index contributed by atoms with van der Waals surface area (Å²) in [5.74, 6) is -2.87. The molecule has 0 bridgehead atoms. The zero-order chi connectivity index (χ0) is 12.6. The van der Waals surface area contributed by atoms with E-state index in [1.807, 2.05) is 0 Å². The first kappa shape index (κ1) is 12.6. The number of alkyl halides is 6. The molecule has 1 nitrogen and oxygen atoms in total. The quantitative estimate of drug-likeness (QED) is 0.688. The van der Waals surface area contributed by atoms with Crippen molar-refractivity contribution < 1.29 is 35.5 Å². The molecule has 0 unspecified atom stereocenters. The van der Waals surface area contributed by atoms with Crippen LogP contribution in [0.2, 0.25) is 0 Å². The van der Waals surface area contributed by atoms with Crippen LogP contribution < -0.4 is 4.74 Å². The molecular formula is C8H3F7O. The Hall–Kier alpha value is -1.47. The van der Waals surface area contributed by atoms with Gasteiger partial charge in [-0.25, -0.2) is 4.39 Å². The predicted octanol–water partition coefficient (Wildman–Crippen LogP) is 3.74. The number of halogens is 7. The number of ether oxygens (including phenoxy) is 1. The maximum Gasteiger partial charge on any atom is 0.573 e. The molecule has 0 aliphatic rings. The molecule has 0 N–H and O–H groups in total. The SMILES string of the molecule is Fc1cc(OC(F)(F)F)ccc1C(F)(F)F. The maximum absolute atomic E-state index is 12.8. The van der Waals surface area contributed by atoms with Crippen molar-refractivity contribution in [1.29, 1.82) is 0 Å². The summed E-state index contributed by atoms with van der Waals surface area (Å²) in [6.45, 7) is 0. The molecule has 0 heterocycles. The van der Waals surface area contributed by atoms with Crippen molar-refractivity contribution in [2.45, 2.75) is 12.5 Å². The van der Waals surface area contributed by atoms with Crippen LogP contribution >= 0.6 is 0 Å². The van der Waals surface area contributed by atoms with E-state index < -0.39 is 29.7 Å². The van der Waals surface area contributed by atoms with Gasteiger partial charge in [-0.05, 0) is 12.1 Å². The van der Waals surface area contributed by atoms with Crippen LogP contribution in [0, 0.1) is 5.82 Å². The van der Waals surface area contributed by atoms with Gasteiger partial charge in [-0.3, -0.25) is 0 Å². The van der Waals surface area contributed by atoms with Crippen molar-refractivity contribution in [2.75, 3.05) is 0 Å². The Labute approximate surface area is 84.4 Å². The summed E-state index contributed by atoms with van der Waals surface area (Å²) in [5, 5.41) is 0. The van der Waals surface area contributed by atoms with Gasteiger partial charge in [0.15, 0.2) is 0 Å². The van der Waals surface area contributed by atoms with Gasteiger partial charge in [-0.1, -0.05) is 0 Å². The van der Waals surface area contributed by atoms with E-state index >= 15 is 0 Å². The molecule has 0 aromatic heterocycles. The average Bonchev–Trinajstić information content (AvgIpc) is 1.97. The zero-order valence-corrected chi connectivity index (χ0v) is 7.29. The van der Waals surface area contributed by atoms with E-state index in [2.05, 4.69) is 4.74 Å². The smallest absolute Gasteiger partial charge is 0.406 e. The molecule has 0 radical (unpaired) electrons. The first-order valence-electron chi connectivity index (χ1n) is 3.72. The highest BCUT2D eigenvalue weighted by Gasteiger charge is 2.35. The molecule has 0 saturated carbocycles. The molecule has 0 amide bonds. The van der Waals surface area contributed by atoms with Crippen LogP contribution in [0.1, 0.15) is 5.56 Å². The number of hydrogen-bond donors (Lipinski definition) is 0.